The number of fused-ring (bicyclic) bond motifs is 5. The monoisotopic (exact) mass is 406 g/mol. The Labute approximate surface area is 182 Å². The maximum atomic E-state index is 10.2. The van der Waals surface area contributed by atoms with Crippen LogP contribution in [-0.4, -0.2) is 22.9 Å². The van der Waals surface area contributed by atoms with Crippen LogP contribution in [0, 0.1) is 46.3 Å². The van der Waals surface area contributed by atoms with Crippen molar-refractivity contribution in [2.24, 2.45) is 46.3 Å². The van der Waals surface area contributed by atoms with E-state index >= 15 is 0 Å². The molecule has 0 aromatic carbocycles. The predicted octanol–water partition coefficient (Wildman–Crippen LogP) is 6.36. The summed E-state index contributed by atoms with van der Waals surface area (Å²) in [5.74, 6) is 3.16. The van der Waals surface area contributed by atoms with Gasteiger partial charge in [-0.05, 0) is 104 Å². The Bertz CT molecular complexity index is 680. The first-order chi connectivity index (χ1) is 14.6. The fourth-order valence-electron chi connectivity index (χ4n) is 8.28. The summed E-state index contributed by atoms with van der Waals surface area (Å²) in [6.45, 7) is 9.37. The van der Waals surface area contributed by atoms with Crippen LogP contribution in [-0.2, 0) is 0 Å². The Morgan fingerprint density at radius 2 is 1.93 bits per heavy atom. The lowest BCUT2D eigenvalue weighted by atomic mass is 9.47. The SMILES string of the molecule is [3H]C(C[C@@H](C)CO)C([3H])[C@@H](C)[C@H]1CC[C@H]2[C@@H]3CC=C4C[C@@H](O)CC[C@]4(C)[C@H]3CC[C@]12C. The average Bonchev–Trinajstić information content (AvgIpc) is 3.10. The summed E-state index contributed by atoms with van der Waals surface area (Å²) in [6.07, 6.45) is 11.5. The van der Waals surface area contributed by atoms with Gasteiger partial charge >= 0.3 is 0 Å². The molecule has 2 nitrogen and oxygen atoms in total. The molecule has 0 radical (unpaired) electrons. The van der Waals surface area contributed by atoms with Gasteiger partial charge in [0.2, 0.25) is 0 Å². The summed E-state index contributed by atoms with van der Waals surface area (Å²) in [5, 5.41) is 19.6. The number of rotatable bonds is 6. The summed E-state index contributed by atoms with van der Waals surface area (Å²) in [5.41, 5.74) is 2.14. The summed E-state index contributed by atoms with van der Waals surface area (Å²) < 4.78 is 17.4. The van der Waals surface area contributed by atoms with Crippen molar-refractivity contribution in [1.82, 2.24) is 0 Å². The van der Waals surface area contributed by atoms with Gasteiger partial charge in [0.25, 0.3) is 0 Å². The highest BCUT2D eigenvalue weighted by atomic mass is 16.3. The van der Waals surface area contributed by atoms with E-state index in [4.69, 9.17) is 2.74 Å². The largest absolute Gasteiger partial charge is 0.396 e. The third kappa shape index (κ3) is 3.75. The third-order valence-corrected chi connectivity index (χ3v) is 10.1. The molecule has 3 fully saturated rings. The zero-order chi connectivity index (χ0) is 22.6. The summed E-state index contributed by atoms with van der Waals surface area (Å²) in [4.78, 5) is 0. The van der Waals surface area contributed by atoms with Crippen LogP contribution in [0.3, 0.4) is 0 Å². The van der Waals surface area contributed by atoms with Crippen molar-refractivity contribution in [3.63, 3.8) is 0 Å². The second-order valence-electron chi connectivity index (χ2n) is 11.7. The Kier molecular flexibility index (Phi) is 5.54. The molecule has 3 saturated carbocycles. The molecule has 166 valence electrons. The number of allylic oxidation sites excluding steroid dienone is 1. The first kappa shape index (κ1) is 19.4. The van der Waals surface area contributed by atoms with Gasteiger partial charge in [0.05, 0.1) is 6.10 Å². The normalized spacial score (nSPS) is 49.4. The minimum atomic E-state index is -0.399. The van der Waals surface area contributed by atoms with E-state index in [0.29, 0.717) is 17.8 Å². The standard InChI is InChI=1S/C27H46O2/c1-18(17-28)6-5-7-19(2)23-10-11-24-22-9-8-20-16-21(29)12-14-26(20,3)25(22)13-15-27(23,24)4/h8,18-19,21-25,28-29H,5-7,9-17H2,1-4H3/t18-,19-,21+,22+,23-,24+,25+,26+,27-/m1/s1/i5T,7T/t5?,7?,18-,19-,21+,22+,23-,24+,25+,26+,27-. The summed E-state index contributed by atoms with van der Waals surface area (Å²) in [6, 6.07) is 0. The topological polar surface area (TPSA) is 40.5 Å². The van der Waals surface area contributed by atoms with Crippen molar-refractivity contribution in [3.05, 3.63) is 11.6 Å². The number of aliphatic hydroxyl groups excluding tert-OH is 2. The van der Waals surface area contributed by atoms with Crippen molar-refractivity contribution in [1.29, 1.82) is 0 Å². The van der Waals surface area contributed by atoms with Crippen LogP contribution in [0.25, 0.3) is 0 Å². The van der Waals surface area contributed by atoms with Crippen molar-refractivity contribution < 1.29 is 13.0 Å². The fourth-order valence-corrected chi connectivity index (χ4v) is 8.28. The Balaban J connectivity index is 1.50. The Morgan fingerprint density at radius 3 is 2.69 bits per heavy atom. The van der Waals surface area contributed by atoms with E-state index in [2.05, 4.69) is 26.8 Å². The quantitative estimate of drug-likeness (QED) is 0.504. The highest BCUT2D eigenvalue weighted by molar-refractivity contribution is 5.25. The van der Waals surface area contributed by atoms with Crippen LogP contribution in [0.15, 0.2) is 11.6 Å². The van der Waals surface area contributed by atoms with Crippen LogP contribution >= 0.6 is 0 Å². The molecule has 0 spiro atoms. The molecule has 2 N–H and O–H groups in total. The second kappa shape index (κ2) is 8.30. The van der Waals surface area contributed by atoms with Gasteiger partial charge in [-0.15, -0.1) is 0 Å². The van der Waals surface area contributed by atoms with Crippen LogP contribution in [0.1, 0.15) is 101 Å². The molecule has 4 aliphatic carbocycles. The predicted molar refractivity (Wildman–Crippen MR) is 120 cm³/mol. The van der Waals surface area contributed by atoms with Crippen LogP contribution in [0.2, 0.25) is 0 Å². The number of hydrogen-bond donors (Lipinski definition) is 2. The van der Waals surface area contributed by atoms with Crippen LogP contribution < -0.4 is 0 Å². The van der Waals surface area contributed by atoms with Crippen LogP contribution in [0.5, 0.6) is 0 Å². The van der Waals surface area contributed by atoms with Gasteiger partial charge in [0, 0.05) is 9.35 Å². The molecule has 2 unspecified atom stereocenters. The van der Waals surface area contributed by atoms with E-state index in [-0.39, 0.29) is 36.4 Å². The molecular weight excluding hydrogens is 356 g/mol. The van der Waals surface area contributed by atoms with E-state index in [1.165, 1.54) is 32.1 Å². The zero-order valence-electron chi connectivity index (χ0n) is 21.2. The van der Waals surface area contributed by atoms with Gasteiger partial charge in [-0.2, -0.15) is 0 Å². The fraction of sp³-hybridized carbons (Fsp3) is 0.926. The van der Waals surface area contributed by atoms with Gasteiger partial charge in [-0.3, -0.25) is 0 Å². The molecule has 0 aromatic rings. The van der Waals surface area contributed by atoms with Crippen molar-refractivity contribution in [2.75, 3.05) is 6.61 Å². The maximum Gasteiger partial charge on any atom is 0.0577 e. The van der Waals surface area contributed by atoms with Gasteiger partial charge in [0.1, 0.15) is 0 Å². The van der Waals surface area contributed by atoms with Crippen molar-refractivity contribution >= 4 is 0 Å². The summed E-state index contributed by atoms with van der Waals surface area (Å²) in [7, 11) is 0. The highest BCUT2D eigenvalue weighted by Crippen LogP contribution is 2.67. The molecule has 0 saturated heterocycles. The maximum absolute atomic E-state index is 10.2. The van der Waals surface area contributed by atoms with Gasteiger partial charge in [-0.25, -0.2) is 0 Å². The molecule has 29 heavy (non-hydrogen) atoms. The average molecular weight is 407 g/mol. The van der Waals surface area contributed by atoms with Crippen molar-refractivity contribution in [2.45, 2.75) is 104 Å². The smallest absolute Gasteiger partial charge is 0.0577 e. The molecule has 0 aliphatic heterocycles. The van der Waals surface area contributed by atoms with Gasteiger partial charge in [0.15, 0.2) is 0 Å². The first-order valence-electron chi connectivity index (χ1n) is 13.6. The summed E-state index contributed by atoms with van der Waals surface area (Å²) >= 11 is 0. The van der Waals surface area contributed by atoms with E-state index in [1.54, 1.807) is 5.57 Å². The Morgan fingerprint density at radius 1 is 1.14 bits per heavy atom. The molecule has 0 heterocycles. The molecule has 4 rings (SSSR count). The zero-order valence-corrected chi connectivity index (χ0v) is 19.2. The lowest BCUT2D eigenvalue weighted by Gasteiger charge is -2.58. The van der Waals surface area contributed by atoms with E-state index in [0.717, 1.165) is 37.0 Å². The van der Waals surface area contributed by atoms with E-state index < -0.39 is 6.40 Å². The van der Waals surface area contributed by atoms with Gasteiger partial charge in [-0.1, -0.05) is 52.1 Å². The molecular formula is C27H46O2. The second-order valence-corrected chi connectivity index (χ2v) is 11.7. The molecule has 0 bridgehead atoms. The lowest BCUT2D eigenvalue weighted by Crippen LogP contribution is -2.50. The molecule has 2 heteroatoms. The molecule has 0 amide bonds. The molecule has 4 aliphatic rings. The van der Waals surface area contributed by atoms with E-state index in [1.807, 2.05) is 6.92 Å². The minimum Gasteiger partial charge on any atom is -0.396 e. The molecule has 11 atom stereocenters. The third-order valence-electron chi connectivity index (χ3n) is 10.1. The lowest BCUT2D eigenvalue weighted by molar-refractivity contribution is -0.0573. The van der Waals surface area contributed by atoms with Gasteiger partial charge < -0.3 is 10.2 Å². The van der Waals surface area contributed by atoms with Crippen LogP contribution in [0.4, 0.5) is 0 Å². The first-order valence-corrected chi connectivity index (χ1v) is 12.4. The number of hydrogen-bond acceptors (Lipinski definition) is 2. The molecule has 0 aromatic heterocycles. The highest BCUT2D eigenvalue weighted by Gasteiger charge is 2.59. The minimum absolute atomic E-state index is 0.114. The Hall–Kier alpha value is -0.340. The van der Waals surface area contributed by atoms with Crippen molar-refractivity contribution in [3.8, 4) is 0 Å². The van der Waals surface area contributed by atoms with E-state index in [9.17, 15) is 10.2 Å². The number of aliphatic hydroxyl groups is 2.